The van der Waals surface area contributed by atoms with Crippen LogP contribution in [0.2, 0.25) is 0 Å². The van der Waals surface area contributed by atoms with Crippen molar-refractivity contribution in [3.8, 4) is 5.88 Å². The Bertz CT molecular complexity index is 490. The molecular weight excluding hydrogens is 281 g/mol. The van der Waals surface area contributed by atoms with E-state index in [2.05, 4.69) is 22.1 Å². The van der Waals surface area contributed by atoms with Gasteiger partial charge in [-0.05, 0) is 0 Å². The summed E-state index contributed by atoms with van der Waals surface area (Å²) in [5.74, 6) is 0.791. The van der Waals surface area contributed by atoms with Crippen molar-refractivity contribution in [3.05, 3.63) is 42.1 Å². The first-order chi connectivity index (χ1) is 8.28. The number of ether oxygens (including phenoxy) is 1. The zero-order valence-corrected chi connectivity index (χ0v) is 11.2. The van der Waals surface area contributed by atoms with Crippen LogP contribution in [0.15, 0.2) is 36.4 Å². The molecule has 0 aliphatic rings. The van der Waals surface area contributed by atoms with Gasteiger partial charge in [0.15, 0.2) is 0 Å². The first-order valence-corrected chi connectivity index (χ1v) is 7.20. The van der Waals surface area contributed by atoms with E-state index in [0.29, 0.717) is 20.8 Å². The molecule has 0 saturated carbocycles. The van der Waals surface area contributed by atoms with Crippen molar-refractivity contribution in [1.82, 2.24) is 9.97 Å². The molecule has 2 rings (SSSR count). The summed E-state index contributed by atoms with van der Waals surface area (Å²) < 4.78 is 6.41. The molecule has 0 aliphatic carbocycles. The van der Waals surface area contributed by atoms with Crippen LogP contribution < -0.4 is 14.9 Å². The minimum absolute atomic E-state index is 0.267. The van der Waals surface area contributed by atoms with Crippen LogP contribution in [-0.4, -0.2) is 32.0 Å². The van der Waals surface area contributed by atoms with Crippen LogP contribution in [0, 0.1) is 0 Å². The first kappa shape index (κ1) is 11.9. The van der Waals surface area contributed by atoms with E-state index in [0.717, 1.165) is 11.0 Å². The number of aromatic nitrogens is 2. The summed E-state index contributed by atoms with van der Waals surface area (Å²) in [5.41, 5.74) is 6.54. The molecule has 0 aliphatic heterocycles. The summed E-state index contributed by atoms with van der Waals surface area (Å²) in [6.45, 7) is 0. The van der Waals surface area contributed by atoms with Crippen LogP contribution in [0.4, 0.5) is 5.95 Å². The van der Waals surface area contributed by atoms with Crippen LogP contribution in [0.25, 0.3) is 0 Å². The van der Waals surface area contributed by atoms with Gasteiger partial charge in [0.1, 0.15) is 0 Å². The second-order valence-corrected chi connectivity index (χ2v) is 5.56. The van der Waals surface area contributed by atoms with E-state index >= 15 is 0 Å². The molecule has 0 atom stereocenters. The van der Waals surface area contributed by atoms with Crippen molar-refractivity contribution in [1.29, 1.82) is 0 Å². The molecule has 1 aromatic carbocycles. The average Bonchev–Trinajstić information content (AvgIpc) is 2.37. The minimum atomic E-state index is 0.267. The maximum atomic E-state index is 5.61. The number of methoxy groups -OCH3 is 1. The molecular formula is C12H13N3OSe. The quantitative estimate of drug-likeness (QED) is 0.839. The van der Waals surface area contributed by atoms with Gasteiger partial charge in [0.25, 0.3) is 0 Å². The Hall–Kier alpha value is -1.58. The molecule has 0 spiro atoms. The molecule has 0 saturated heterocycles. The number of rotatable bonds is 4. The van der Waals surface area contributed by atoms with Crippen molar-refractivity contribution in [2.24, 2.45) is 0 Å². The molecule has 17 heavy (non-hydrogen) atoms. The second-order valence-electron chi connectivity index (χ2n) is 3.36. The second kappa shape index (κ2) is 5.66. The van der Waals surface area contributed by atoms with E-state index in [4.69, 9.17) is 10.5 Å². The Kier molecular flexibility index (Phi) is 3.96. The van der Waals surface area contributed by atoms with Crippen LogP contribution in [0.5, 0.6) is 5.88 Å². The molecule has 0 bridgehead atoms. The molecule has 88 valence electrons. The molecule has 2 aromatic rings. The van der Waals surface area contributed by atoms with Gasteiger partial charge in [-0.25, -0.2) is 0 Å². The molecule has 0 amide bonds. The Labute approximate surface area is 106 Å². The standard InChI is InChI=1S/C12H13N3OSe/c1-16-11-7-9(14-12(13)15-11)8-17-10-5-3-2-4-6-10/h2-7H,8H2,1H3,(H2,13,14,15). The van der Waals surface area contributed by atoms with E-state index in [1.165, 1.54) is 4.46 Å². The average molecular weight is 294 g/mol. The molecule has 0 unspecified atom stereocenters. The van der Waals surface area contributed by atoms with Gasteiger partial charge in [-0.2, -0.15) is 0 Å². The number of nitrogens with zero attached hydrogens (tertiary/aromatic N) is 2. The van der Waals surface area contributed by atoms with Crippen LogP contribution in [0.1, 0.15) is 5.69 Å². The van der Waals surface area contributed by atoms with E-state index in [-0.39, 0.29) is 5.95 Å². The molecule has 4 nitrogen and oxygen atoms in total. The fourth-order valence-electron chi connectivity index (χ4n) is 1.34. The fraction of sp³-hybridized carbons (Fsp3) is 0.167. The molecule has 0 radical (unpaired) electrons. The van der Waals surface area contributed by atoms with Gasteiger partial charge in [0.05, 0.1) is 0 Å². The normalized spacial score (nSPS) is 10.2. The van der Waals surface area contributed by atoms with Gasteiger partial charge < -0.3 is 0 Å². The van der Waals surface area contributed by atoms with E-state index in [1.54, 1.807) is 7.11 Å². The Balaban J connectivity index is 2.06. The molecule has 1 heterocycles. The molecule has 0 fully saturated rings. The van der Waals surface area contributed by atoms with Gasteiger partial charge in [-0.3, -0.25) is 0 Å². The zero-order chi connectivity index (χ0) is 12.1. The van der Waals surface area contributed by atoms with Crippen LogP contribution >= 0.6 is 0 Å². The van der Waals surface area contributed by atoms with E-state index < -0.39 is 0 Å². The third-order valence-corrected chi connectivity index (χ3v) is 4.31. The third kappa shape index (κ3) is 3.44. The number of anilines is 1. The Morgan fingerprint density at radius 1 is 1.24 bits per heavy atom. The SMILES string of the molecule is COc1cc(C[Se]c2ccccc2)nc(N)n1. The van der Waals surface area contributed by atoms with Crippen molar-refractivity contribution in [3.63, 3.8) is 0 Å². The summed E-state index contributed by atoms with van der Waals surface area (Å²) in [4.78, 5) is 8.16. The summed E-state index contributed by atoms with van der Waals surface area (Å²) in [6.07, 6.45) is 0. The zero-order valence-electron chi connectivity index (χ0n) is 9.46. The molecule has 5 heteroatoms. The van der Waals surface area contributed by atoms with E-state index in [9.17, 15) is 0 Å². The summed E-state index contributed by atoms with van der Waals surface area (Å²) in [5, 5.41) is 0.889. The predicted octanol–water partition coefficient (Wildman–Crippen LogP) is 0.597. The fourth-order valence-corrected chi connectivity index (χ4v) is 3.05. The summed E-state index contributed by atoms with van der Waals surface area (Å²) in [6, 6.07) is 12.2. The summed E-state index contributed by atoms with van der Waals surface area (Å²) >= 11 is 0.354. The van der Waals surface area contributed by atoms with Crippen molar-refractivity contribution in [2.45, 2.75) is 5.32 Å². The first-order valence-electron chi connectivity index (χ1n) is 5.13. The number of hydrogen-bond donors (Lipinski definition) is 1. The van der Waals surface area contributed by atoms with Gasteiger partial charge in [-0.15, -0.1) is 0 Å². The topological polar surface area (TPSA) is 61.0 Å². The predicted molar refractivity (Wildman–Crippen MR) is 68.5 cm³/mol. The van der Waals surface area contributed by atoms with E-state index in [1.807, 2.05) is 24.3 Å². The van der Waals surface area contributed by atoms with Gasteiger partial charge in [0, 0.05) is 0 Å². The number of nitrogens with two attached hydrogens (primary N) is 1. The van der Waals surface area contributed by atoms with Crippen molar-refractivity contribution in [2.75, 3.05) is 12.8 Å². The number of benzene rings is 1. The Morgan fingerprint density at radius 2 is 2.00 bits per heavy atom. The van der Waals surface area contributed by atoms with Crippen molar-refractivity contribution >= 4 is 25.4 Å². The Morgan fingerprint density at radius 3 is 2.71 bits per heavy atom. The van der Waals surface area contributed by atoms with Gasteiger partial charge in [0.2, 0.25) is 0 Å². The number of nitrogen functional groups attached to an aromatic ring is 1. The van der Waals surface area contributed by atoms with Crippen LogP contribution in [-0.2, 0) is 5.32 Å². The van der Waals surface area contributed by atoms with Gasteiger partial charge in [-0.1, -0.05) is 0 Å². The van der Waals surface area contributed by atoms with Gasteiger partial charge >= 0.3 is 106 Å². The molecule has 2 N–H and O–H groups in total. The number of hydrogen-bond acceptors (Lipinski definition) is 4. The monoisotopic (exact) mass is 295 g/mol. The summed E-state index contributed by atoms with van der Waals surface area (Å²) in [7, 11) is 1.58. The molecule has 1 aromatic heterocycles. The van der Waals surface area contributed by atoms with Crippen LogP contribution in [0.3, 0.4) is 0 Å². The van der Waals surface area contributed by atoms with Crippen molar-refractivity contribution < 1.29 is 4.74 Å². The maximum absolute atomic E-state index is 5.61. The third-order valence-electron chi connectivity index (χ3n) is 2.11.